The second kappa shape index (κ2) is 7.64. The van der Waals surface area contributed by atoms with E-state index in [1.807, 2.05) is 23.1 Å². The van der Waals surface area contributed by atoms with Gasteiger partial charge in [0, 0.05) is 46.0 Å². The van der Waals surface area contributed by atoms with Crippen molar-refractivity contribution < 1.29 is 4.79 Å². The Balaban J connectivity index is 1.50. The molecule has 3 rings (SSSR count). The molecule has 0 radical (unpaired) electrons. The molecule has 0 atom stereocenters. The zero-order valence-corrected chi connectivity index (χ0v) is 14.5. The molecule has 1 aliphatic rings. The third-order valence-corrected chi connectivity index (χ3v) is 4.40. The first-order valence-corrected chi connectivity index (χ1v) is 8.43. The monoisotopic (exact) mass is 344 g/mol. The molecular weight excluding hydrogens is 324 g/mol. The molecule has 1 amide bonds. The summed E-state index contributed by atoms with van der Waals surface area (Å²) in [6.45, 7) is 4.00. The largest absolute Gasteiger partial charge is 0.335 e. The lowest BCUT2D eigenvalue weighted by Gasteiger charge is -2.33. The van der Waals surface area contributed by atoms with Crippen LogP contribution < -0.4 is 0 Å². The van der Waals surface area contributed by atoms with Crippen molar-refractivity contribution >= 4 is 23.6 Å². The Kier molecular flexibility index (Phi) is 5.33. The van der Waals surface area contributed by atoms with Crippen molar-refractivity contribution in [2.24, 2.45) is 7.05 Å². The summed E-state index contributed by atoms with van der Waals surface area (Å²) in [6.07, 6.45) is 5.95. The van der Waals surface area contributed by atoms with Crippen LogP contribution in [0.2, 0.25) is 5.02 Å². The third-order valence-electron chi connectivity index (χ3n) is 4.12. The van der Waals surface area contributed by atoms with Gasteiger partial charge in [-0.3, -0.25) is 14.4 Å². The Morgan fingerprint density at radius 3 is 2.54 bits per heavy atom. The molecule has 2 heterocycles. The maximum atomic E-state index is 12.5. The SMILES string of the molecule is Cn1cc(Cl)c(C(=O)N2CCN(CC=Cc3ccccc3)CC2)n1. The van der Waals surface area contributed by atoms with Crippen molar-refractivity contribution in [2.45, 2.75) is 0 Å². The zero-order valence-electron chi connectivity index (χ0n) is 13.7. The van der Waals surface area contributed by atoms with E-state index in [4.69, 9.17) is 11.6 Å². The highest BCUT2D eigenvalue weighted by molar-refractivity contribution is 6.33. The minimum Gasteiger partial charge on any atom is -0.335 e. The Morgan fingerprint density at radius 1 is 1.21 bits per heavy atom. The van der Waals surface area contributed by atoms with Crippen molar-refractivity contribution in [3.63, 3.8) is 0 Å². The van der Waals surface area contributed by atoms with Crippen molar-refractivity contribution in [1.29, 1.82) is 0 Å². The average Bonchev–Trinajstić information content (AvgIpc) is 2.94. The second-order valence-electron chi connectivity index (χ2n) is 5.91. The molecule has 0 unspecified atom stereocenters. The molecule has 1 saturated heterocycles. The van der Waals surface area contributed by atoms with Gasteiger partial charge >= 0.3 is 0 Å². The Morgan fingerprint density at radius 2 is 1.92 bits per heavy atom. The van der Waals surface area contributed by atoms with Crippen molar-refractivity contribution in [3.05, 3.63) is 58.9 Å². The smallest absolute Gasteiger partial charge is 0.276 e. The fourth-order valence-electron chi connectivity index (χ4n) is 2.79. The standard InChI is InChI=1S/C18H21ClN4O/c1-21-14-16(19)17(20-21)18(24)23-12-10-22(11-13-23)9-5-8-15-6-3-2-4-7-15/h2-8,14H,9-13H2,1H3. The van der Waals surface area contributed by atoms with Crippen LogP contribution in [0.15, 0.2) is 42.6 Å². The summed E-state index contributed by atoms with van der Waals surface area (Å²) in [5.74, 6) is -0.0833. The van der Waals surface area contributed by atoms with Gasteiger partial charge in [-0.2, -0.15) is 5.10 Å². The van der Waals surface area contributed by atoms with Gasteiger partial charge in [-0.25, -0.2) is 0 Å². The lowest BCUT2D eigenvalue weighted by molar-refractivity contribution is 0.0644. The molecule has 0 bridgehead atoms. The van der Waals surface area contributed by atoms with E-state index in [0.717, 1.165) is 19.6 Å². The first kappa shape index (κ1) is 16.7. The first-order chi connectivity index (χ1) is 11.6. The summed E-state index contributed by atoms with van der Waals surface area (Å²) in [5, 5.41) is 4.57. The summed E-state index contributed by atoms with van der Waals surface area (Å²) in [5.41, 5.74) is 1.55. The van der Waals surface area contributed by atoms with Gasteiger partial charge in [0.2, 0.25) is 0 Å². The number of benzene rings is 1. The van der Waals surface area contributed by atoms with Crippen molar-refractivity contribution in [1.82, 2.24) is 19.6 Å². The fraction of sp³-hybridized carbons (Fsp3) is 0.333. The molecule has 0 spiro atoms. The molecule has 0 aliphatic carbocycles. The highest BCUT2D eigenvalue weighted by Crippen LogP contribution is 2.16. The highest BCUT2D eigenvalue weighted by Gasteiger charge is 2.25. The molecule has 1 aromatic carbocycles. The van der Waals surface area contributed by atoms with Gasteiger partial charge in [0.05, 0.1) is 5.02 Å². The molecule has 1 aromatic heterocycles. The van der Waals surface area contributed by atoms with Crippen LogP contribution in [0.4, 0.5) is 0 Å². The Hall–Kier alpha value is -2.11. The van der Waals surface area contributed by atoms with E-state index in [2.05, 4.69) is 34.3 Å². The molecule has 5 nitrogen and oxygen atoms in total. The van der Waals surface area contributed by atoms with Crippen LogP contribution in [-0.4, -0.2) is 58.2 Å². The van der Waals surface area contributed by atoms with Crippen LogP contribution in [0.25, 0.3) is 6.08 Å². The third kappa shape index (κ3) is 4.04. The minimum atomic E-state index is -0.0833. The van der Waals surface area contributed by atoms with Gasteiger partial charge in [-0.05, 0) is 5.56 Å². The summed E-state index contributed by atoms with van der Waals surface area (Å²) in [7, 11) is 1.76. The number of halogens is 1. The highest BCUT2D eigenvalue weighted by atomic mass is 35.5. The van der Waals surface area contributed by atoms with Crippen LogP contribution in [0, 0.1) is 0 Å². The van der Waals surface area contributed by atoms with E-state index in [0.29, 0.717) is 23.8 Å². The van der Waals surface area contributed by atoms with Gasteiger partial charge in [0.25, 0.3) is 5.91 Å². The number of rotatable bonds is 4. The molecule has 126 valence electrons. The van der Waals surface area contributed by atoms with Gasteiger partial charge in [-0.1, -0.05) is 54.1 Å². The Labute approximate surface area is 147 Å². The van der Waals surface area contributed by atoms with Crippen LogP contribution in [0.1, 0.15) is 16.1 Å². The van der Waals surface area contributed by atoms with E-state index >= 15 is 0 Å². The normalized spacial score (nSPS) is 16.0. The van der Waals surface area contributed by atoms with E-state index < -0.39 is 0 Å². The number of carbonyl (C=O) groups is 1. The number of piperazine rings is 1. The molecule has 1 fully saturated rings. The minimum absolute atomic E-state index is 0.0833. The number of aromatic nitrogens is 2. The van der Waals surface area contributed by atoms with Crippen molar-refractivity contribution in [2.75, 3.05) is 32.7 Å². The summed E-state index contributed by atoms with van der Waals surface area (Å²) < 4.78 is 1.57. The zero-order chi connectivity index (χ0) is 16.9. The van der Waals surface area contributed by atoms with Crippen LogP contribution in [-0.2, 0) is 7.05 Å². The van der Waals surface area contributed by atoms with Gasteiger partial charge < -0.3 is 4.90 Å². The maximum absolute atomic E-state index is 12.5. The van der Waals surface area contributed by atoms with Crippen LogP contribution in [0.5, 0.6) is 0 Å². The van der Waals surface area contributed by atoms with E-state index in [-0.39, 0.29) is 5.91 Å². The number of hydrogen-bond donors (Lipinski definition) is 0. The quantitative estimate of drug-likeness (QED) is 0.856. The number of carbonyl (C=O) groups excluding carboxylic acids is 1. The number of hydrogen-bond acceptors (Lipinski definition) is 3. The van der Waals surface area contributed by atoms with E-state index in [1.54, 1.807) is 17.9 Å². The average molecular weight is 345 g/mol. The van der Waals surface area contributed by atoms with Gasteiger partial charge in [0.15, 0.2) is 5.69 Å². The van der Waals surface area contributed by atoms with Gasteiger partial charge in [-0.15, -0.1) is 0 Å². The predicted octanol–water partition coefficient (Wildman–Crippen LogP) is 2.54. The summed E-state index contributed by atoms with van der Waals surface area (Å²) in [4.78, 5) is 16.6. The molecule has 6 heteroatoms. The first-order valence-electron chi connectivity index (χ1n) is 8.06. The number of amides is 1. The van der Waals surface area contributed by atoms with Crippen LogP contribution >= 0.6 is 11.6 Å². The second-order valence-corrected chi connectivity index (χ2v) is 6.31. The molecule has 2 aromatic rings. The lowest BCUT2D eigenvalue weighted by atomic mass is 10.2. The maximum Gasteiger partial charge on any atom is 0.276 e. The van der Waals surface area contributed by atoms with Gasteiger partial charge in [0.1, 0.15) is 0 Å². The van der Waals surface area contributed by atoms with Crippen molar-refractivity contribution in [3.8, 4) is 0 Å². The van der Waals surface area contributed by atoms with E-state index in [1.165, 1.54) is 5.56 Å². The molecular formula is C18H21ClN4O. The molecule has 0 N–H and O–H groups in total. The summed E-state index contributed by atoms with van der Waals surface area (Å²) in [6, 6.07) is 10.3. The summed E-state index contributed by atoms with van der Waals surface area (Å²) >= 11 is 6.06. The topological polar surface area (TPSA) is 41.4 Å². The fourth-order valence-corrected chi connectivity index (χ4v) is 3.05. The lowest BCUT2D eigenvalue weighted by Crippen LogP contribution is -2.48. The number of aryl methyl sites for hydroxylation is 1. The molecule has 24 heavy (non-hydrogen) atoms. The Bertz CT molecular complexity index is 718. The predicted molar refractivity (Wildman–Crippen MR) is 96.0 cm³/mol. The van der Waals surface area contributed by atoms with E-state index in [9.17, 15) is 4.79 Å². The van der Waals surface area contributed by atoms with Crippen LogP contribution in [0.3, 0.4) is 0 Å². The molecule has 1 aliphatic heterocycles. The molecule has 0 saturated carbocycles. The number of nitrogens with zero attached hydrogens (tertiary/aromatic N) is 4.